The van der Waals surface area contributed by atoms with Crippen LogP contribution >= 0.6 is 0 Å². The average Bonchev–Trinajstić information content (AvgIpc) is 3.01. The van der Waals surface area contributed by atoms with Crippen molar-refractivity contribution < 1.29 is 33.3 Å². The van der Waals surface area contributed by atoms with Crippen molar-refractivity contribution in [3.8, 4) is 0 Å². The fourth-order valence-electron chi connectivity index (χ4n) is 4.61. The molecule has 0 aliphatic rings. The molecule has 0 N–H and O–H groups in total. The fraction of sp³-hybridized carbons (Fsp3) is 0.571. The molecule has 0 bridgehead atoms. The van der Waals surface area contributed by atoms with Gasteiger partial charge in [0.15, 0.2) is 0 Å². The molecule has 0 unspecified atom stereocenters. The van der Waals surface area contributed by atoms with Crippen molar-refractivity contribution in [2.45, 2.75) is 117 Å². The summed E-state index contributed by atoms with van der Waals surface area (Å²) in [5.41, 5.74) is 1.80. The number of esters is 2. The van der Waals surface area contributed by atoms with Gasteiger partial charge in [-0.2, -0.15) is 0 Å². The Bertz CT molecular complexity index is 968. The van der Waals surface area contributed by atoms with Crippen LogP contribution in [0.2, 0.25) is 0 Å². The van der Waals surface area contributed by atoms with Crippen LogP contribution in [0.3, 0.4) is 0 Å². The van der Waals surface area contributed by atoms with Gasteiger partial charge in [0, 0.05) is 11.1 Å². The molecule has 0 saturated carbocycles. The van der Waals surface area contributed by atoms with Gasteiger partial charge in [0.2, 0.25) is 0 Å². The zero-order valence-corrected chi connectivity index (χ0v) is 25.7. The number of benzene rings is 2. The molecule has 0 fully saturated rings. The highest BCUT2D eigenvalue weighted by atomic mass is 16.7. The van der Waals surface area contributed by atoms with Gasteiger partial charge >= 0.3 is 18.1 Å². The molecule has 0 spiro atoms. The number of carbonyl (C=O) groups excluding carboxylic acids is 3. The molecule has 0 radical (unpaired) electrons. The second kappa shape index (κ2) is 22.3. The molecule has 42 heavy (non-hydrogen) atoms. The third kappa shape index (κ3) is 14.5. The van der Waals surface area contributed by atoms with Crippen LogP contribution < -0.4 is 0 Å². The number of carbonyl (C=O) groups is 3. The van der Waals surface area contributed by atoms with Crippen LogP contribution in [0.15, 0.2) is 48.5 Å². The van der Waals surface area contributed by atoms with Crippen LogP contribution in [0.5, 0.6) is 0 Å². The topological polar surface area (TPSA) is 88.1 Å². The Hall–Kier alpha value is -3.35. The van der Waals surface area contributed by atoms with Crippen molar-refractivity contribution in [2.75, 3.05) is 13.2 Å². The zero-order chi connectivity index (χ0) is 30.3. The maximum Gasteiger partial charge on any atom is 0.508 e. The van der Waals surface area contributed by atoms with E-state index in [0.29, 0.717) is 35.5 Å². The zero-order valence-electron chi connectivity index (χ0n) is 25.7. The highest BCUT2D eigenvalue weighted by Crippen LogP contribution is 2.16. The Labute approximate surface area is 252 Å². The summed E-state index contributed by atoms with van der Waals surface area (Å²) >= 11 is 0. The highest BCUT2D eigenvalue weighted by molar-refractivity contribution is 5.91. The van der Waals surface area contributed by atoms with E-state index < -0.39 is 18.1 Å². The predicted molar refractivity (Wildman–Crippen MR) is 164 cm³/mol. The van der Waals surface area contributed by atoms with E-state index in [-0.39, 0.29) is 13.2 Å². The van der Waals surface area contributed by atoms with Crippen molar-refractivity contribution in [3.05, 3.63) is 70.8 Å². The summed E-state index contributed by atoms with van der Waals surface area (Å²) in [6.45, 7) is 4.86. The maximum absolute atomic E-state index is 12.6. The normalized spacial score (nSPS) is 10.7. The van der Waals surface area contributed by atoms with Gasteiger partial charge in [-0.15, -0.1) is 0 Å². The molecule has 7 heteroatoms. The Morgan fingerprint density at radius 1 is 0.476 bits per heavy atom. The molecular formula is C35H50O7. The lowest BCUT2D eigenvalue weighted by Crippen LogP contribution is -2.14. The smallest absolute Gasteiger partial charge is 0.462 e. The molecule has 7 nitrogen and oxygen atoms in total. The molecule has 0 heterocycles. The number of rotatable bonds is 22. The summed E-state index contributed by atoms with van der Waals surface area (Å²) in [6.07, 6.45) is 15.1. The van der Waals surface area contributed by atoms with Gasteiger partial charge < -0.3 is 18.9 Å². The average molecular weight is 583 g/mol. The number of unbranched alkanes of at least 4 members (excludes halogenated alkanes) is 12. The first-order valence-corrected chi connectivity index (χ1v) is 15.9. The van der Waals surface area contributed by atoms with Crippen molar-refractivity contribution in [1.29, 1.82) is 0 Å². The molecule has 2 rings (SSSR count). The van der Waals surface area contributed by atoms with E-state index in [4.69, 9.17) is 18.9 Å². The minimum Gasteiger partial charge on any atom is -0.462 e. The minimum absolute atomic E-state index is 0.135. The molecule has 0 aromatic heterocycles. The van der Waals surface area contributed by atoms with Crippen LogP contribution in [0.1, 0.15) is 136 Å². The van der Waals surface area contributed by atoms with Crippen LogP contribution in [0.4, 0.5) is 4.79 Å². The van der Waals surface area contributed by atoms with Crippen molar-refractivity contribution >= 4 is 18.1 Å². The summed E-state index contributed by atoms with van der Waals surface area (Å²) in [4.78, 5) is 37.6. The maximum atomic E-state index is 12.6. The molecule has 2 aromatic carbocycles. The standard InChI is InChI=1S/C35H50O7/c1-3-5-7-9-11-13-19-25-39-33(36)31-23-17-15-21-29(31)27-41-35(38)42-28-30-22-16-18-24-32(30)34(37)40-26-20-14-12-10-8-6-4-2/h15-18,21-24H,3-14,19-20,25-28H2,1-2H3. The van der Waals surface area contributed by atoms with Gasteiger partial charge in [-0.05, 0) is 25.0 Å². The molecule has 232 valence electrons. The Morgan fingerprint density at radius 2 is 0.833 bits per heavy atom. The molecule has 0 amide bonds. The highest BCUT2D eigenvalue weighted by Gasteiger charge is 2.17. The predicted octanol–water partition coefficient (Wildman–Crippen LogP) is 9.35. The van der Waals surface area contributed by atoms with Gasteiger partial charge in [0.25, 0.3) is 0 Å². The van der Waals surface area contributed by atoms with E-state index in [1.807, 2.05) is 0 Å². The Balaban J connectivity index is 1.74. The second-order valence-electron chi connectivity index (χ2n) is 10.7. The van der Waals surface area contributed by atoms with Gasteiger partial charge in [-0.25, -0.2) is 14.4 Å². The molecule has 2 aromatic rings. The Morgan fingerprint density at radius 3 is 1.24 bits per heavy atom. The van der Waals surface area contributed by atoms with E-state index in [2.05, 4.69) is 13.8 Å². The molecule has 0 atom stereocenters. The van der Waals surface area contributed by atoms with Crippen molar-refractivity contribution in [1.82, 2.24) is 0 Å². The first-order chi connectivity index (χ1) is 20.6. The molecule has 0 saturated heterocycles. The van der Waals surface area contributed by atoms with Gasteiger partial charge in [0.05, 0.1) is 24.3 Å². The lowest BCUT2D eigenvalue weighted by molar-refractivity contribution is 0.0400. The van der Waals surface area contributed by atoms with Gasteiger partial charge in [0.1, 0.15) is 13.2 Å². The van der Waals surface area contributed by atoms with Crippen molar-refractivity contribution in [3.63, 3.8) is 0 Å². The van der Waals surface area contributed by atoms with Crippen LogP contribution in [0, 0.1) is 0 Å². The summed E-state index contributed by atoms with van der Waals surface area (Å²) in [6, 6.07) is 13.8. The first kappa shape index (κ1) is 34.8. The van der Waals surface area contributed by atoms with E-state index in [1.165, 1.54) is 51.4 Å². The number of hydrogen-bond donors (Lipinski definition) is 0. The van der Waals surface area contributed by atoms with Crippen LogP contribution in [-0.2, 0) is 32.2 Å². The third-order valence-electron chi connectivity index (χ3n) is 7.13. The lowest BCUT2D eigenvalue weighted by atomic mass is 10.1. The fourth-order valence-corrected chi connectivity index (χ4v) is 4.61. The Kier molecular flexibility index (Phi) is 18.5. The number of hydrogen-bond acceptors (Lipinski definition) is 7. The summed E-state index contributed by atoms with van der Waals surface area (Å²) in [5.74, 6) is -0.866. The van der Waals surface area contributed by atoms with Crippen LogP contribution in [-0.4, -0.2) is 31.3 Å². The van der Waals surface area contributed by atoms with Gasteiger partial charge in [-0.1, -0.05) is 127 Å². The van der Waals surface area contributed by atoms with E-state index >= 15 is 0 Å². The largest absolute Gasteiger partial charge is 0.508 e. The van der Waals surface area contributed by atoms with E-state index in [9.17, 15) is 14.4 Å². The lowest BCUT2D eigenvalue weighted by Gasteiger charge is -2.12. The summed E-state index contributed by atoms with van der Waals surface area (Å²) in [5, 5.41) is 0. The monoisotopic (exact) mass is 582 g/mol. The van der Waals surface area contributed by atoms with Crippen LogP contribution in [0.25, 0.3) is 0 Å². The minimum atomic E-state index is -0.896. The summed E-state index contributed by atoms with van der Waals surface area (Å²) < 4.78 is 21.4. The molecular weight excluding hydrogens is 532 g/mol. The molecule has 0 aliphatic heterocycles. The van der Waals surface area contributed by atoms with Gasteiger partial charge in [-0.3, -0.25) is 0 Å². The molecule has 0 aliphatic carbocycles. The van der Waals surface area contributed by atoms with Crippen molar-refractivity contribution in [2.24, 2.45) is 0 Å². The first-order valence-electron chi connectivity index (χ1n) is 15.9. The van der Waals surface area contributed by atoms with E-state index in [1.54, 1.807) is 48.5 Å². The summed E-state index contributed by atoms with van der Waals surface area (Å²) in [7, 11) is 0. The second-order valence-corrected chi connectivity index (χ2v) is 10.7. The van der Waals surface area contributed by atoms with E-state index in [0.717, 1.165) is 38.5 Å². The quantitative estimate of drug-likeness (QED) is 0.0776. The number of ether oxygens (including phenoxy) is 4. The SMILES string of the molecule is CCCCCCCCCOC(=O)c1ccccc1COC(=O)OCc1ccccc1C(=O)OCCCCCCCCC. The third-order valence-corrected chi connectivity index (χ3v) is 7.13.